The topological polar surface area (TPSA) is 38.3 Å². The molecule has 6 heteroatoms. The molecule has 1 N–H and O–H groups in total. The normalized spacial score (nSPS) is 17.2. The fourth-order valence-corrected chi connectivity index (χ4v) is 3.32. The molecule has 1 saturated heterocycles. The van der Waals surface area contributed by atoms with E-state index in [-0.39, 0.29) is 24.2 Å². The van der Waals surface area contributed by atoms with Crippen LogP contribution < -0.4 is 5.32 Å². The molecule has 32 heavy (non-hydrogen) atoms. The van der Waals surface area contributed by atoms with Crippen LogP contribution in [-0.4, -0.2) is 18.6 Å². The lowest BCUT2D eigenvalue weighted by atomic mass is 10.0. The van der Waals surface area contributed by atoms with Crippen molar-refractivity contribution in [1.29, 1.82) is 0 Å². The van der Waals surface area contributed by atoms with Crippen LogP contribution in [0.25, 0.3) is 0 Å². The van der Waals surface area contributed by atoms with Gasteiger partial charge >= 0.3 is 0 Å². The number of hydrogen-bond donors (Lipinski definition) is 1. The van der Waals surface area contributed by atoms with E-state index in [2.05, 4.69) is 5.32 Å². The van der Waals surface area contributed by atoms with Gasteiger partial charge in [-0.25, -0.2) is 4.39 Å². The van der Waals surface area contributed by atoms with Crippen molar-refractivity contribution >= 4 is 29.1 Å². The molecule has 3 aromatic rings. The van der Waals surface area contributed by atoms with Crippen molar-refractivity contribution in [1.82, 2.24) is 5.32 Å². The molecule has 0 aliphatic carbocycles. The minimum Gasteiger partial charge on any atom is -0.366 e. The highest BCUT2D eigenvalue weighted by Gasteiger charge is 2.30. The summed E-state index contributed by atoms with van der Waals surface area (Å²) in [5, 5.41) is 4.36. The molecule has 0 bridgehead atoms. The predicted octanol–water partition coefficient (Wildman–Crippen LogP) is 6.95. The largest absolute Gasteiger partial charge is 0.366 e. The number of nitrogens with one attached hydrogen (secondary N) is 1. The van der Waals surface area contributed by atoms with Crippen LogP contribution in [-0.2, 0) is 16.0 Å². The summed E-state index contributed by atoms with van der Waals surface area (Å²) in [6, 6.07) is 21.5. The van der Waals surface area contributed by atoms with E-state index in [0.29, 0.717) is 17.2 Å². The van der Waals surface area contributed by atoms with Crippen molar-refractivity contribution in [3.63, 3.8) is 0 Å². The number of ether oxygens (including phenoxy) is 1. The van der Waals surface area contributed by atoms with Crippen LogP contribution in [0, 0.1) is 12.7 Å². The maximum absolute atomic E-state index is 13.9. The van der Waals surface area contributed by atoms with Gasteiger partial charge in [-0.05, 0) is 53.9 Å². The lowest BCUT2D eigenvalue weighted by Gasteiger charge is -2.30. The second-order valence-electron chi connectivity index (χ2n) is 7.03. The summed E-state index contributed by atoms with van der Waals surface area (Å²) in [5.74, 6) is -0.530. The first kappa shape index (κ1) is 25.9. The first-order valence-corrected chi connectivity index (χ1v) is 11.3. The van der Waals surface area contributed by atoms with E-state index in [1.165, 1.54) is 6.07 Å². The maximum atomic E-state index is 13.9. The molecule has 1 fully saturated rings. The summed E-state index contributed by atoms with van der Waals surface area (Å²) in [5.41, 5.74) is 2.27. The van der Waals surface area contributed by atoms with Gasteiger partial charge in [0.15, 0.2) is 0 Å². The molecule has 0 spiro atoms. The average molecular weight is 476 g/mol. The Morgan fingerprint density at radius 2 is 1.59 bits per heavy atom. The molecule has 1 heterocycles. The standard InChI is InChI=1S/C18H17ClFNO2.C6H5Cl.C2H6/c1-11-2-3-13(15(20)8-11)9-17-18(22)21-16(10-23-17)12-4-6-14(19)7-5-12;7-6-4-2-1-3-5-6;1-2/h2-8,16-17H,9-10H2,1H3,(H,21,22);1-5H;1-2H3/t16-,17?;;/m1../s1. The van der Waals surface area contributed by atoms with Crippen LogP contribution in [0.5, 0.6) is 0 Å². The Bertz CT molecular complexity index is 981. The molecule has 170 valence electrons. The minimum absolute atomic E-state index is 0.209. The molecule has 0 radical (unpaired) electrons. The van der Waals surface area contributed by atoms with Crippen LogP contribution in [0.3, 0.4) is 0 Å². The smallest absolute Gasteiger partial charge is 0.250 e. The van der Waals surface area contributed by atoms with Gasteiger partial charge in [-0.1, -0.05) is 79.5 Å². The second kappa shape index (κ2) is 13.2. The van der Waals surface area contributed by atoms with Crippen LogP contribution in [0.4, 0.5) is 4.39 Å². The fraction of sp³-hybridized carbons (Fsp3) is 0.269. The zero-order valence-electron chi connectivity index (χ0n) is 18.4. The fourth-order valence-electron chi connectivity index (χ4n) is 3.05. The van der Waals surface area contributed by atoms with E-state index in [1.54, 1.807) is 18.2 Å². The number of carbonyl (C=O) groups is 1. The zero-order chi connectivity index (χ0) is 23.5. The molecule has 1 amide bonds. The van der Waals surface area contributed by atoms with Gasteiger partial charge in [-0.3, -0.25) is 4.79 Å². The minimum atomic E-state index is -0.671. The van der Waals surface area contributed by atoms with Gasteiger partial charge < -0.3 is 10.1 Å². The van der Waals surface area contributed by atoms with Gasteiger partial charge in [-0.15, -0.1) is 0 Å². The molecular weight excluding hydrogens is 448 g/mol. The van der Waals surface area contributed by atoms with E-state index in [4.69, 9.17) is 27.9 Å². The summed E-state index contributed by atoms with van der Waals surface area (Å²) in [7, 11) is 0. The summed E-state index contributed by atoms with van der Waals surface area (Å²) < 4.78 is 19.6. The van der Waals surface area contributed by atoms with Crippen LogP contribution in [0.2, 0.25) is 10.0 Å². The van der Waals surface area contributed by atoms with Crippen molar-refractivity contribution in [2.45, 2.75) is 39.3 Å². The number of aryl methyl sites for hydroxylation is 1. The molecule has 1 aliphatic rings. The molecule has 4 rings (SSSR count). The number of halogens is 3. The number of rotatable bonds is 3. The molecule has 3 aromatic carbocycles. The van der Waals surface area contributed by atoms with Crippen molar-refractivity contribution in [2.24, 2.45) is 0 Å². The van der Waals surface area contributed by atoms with E-state index in [1.807, 2.05) is 69.3 Å². The van der Waals surface area contributed by atoms with Crippen molar-refractivity contribution < 1.29 is 13.9 Å². The molecular formula is C26H28Cl2FNO2. The zero-order valence-corrected chi connectivity index (χ0v) is 20.0. The van der Waals surface area contributed by atoms with E-state index >= 15 is 0 Å². The molecule has 0 aromatic heterocycles. The van der Waals surface area contributed by atoms with Crippen LogP contribution in [0.1, 0.15) is 36.6 Å². The quantitative estimate of drug-likeness (QED) is 0.444. The third kappa shape index (κ3) is 7.94. The Kier molecular flexibility index (Phi) is 10.7. The van der Waals surface area contributed by atoms with Crippen LogP contribution in [0.15, 0.2) is 72.8 Å². The summed E-state index contributed by atoms with van der Waals surface area (Å²) in [6.45, 7) is 6.18. The Morgan fingerprint density at radius 1 is 0.969 bits per heavy atom. The third-order valence-electron chi connectivity index (χ3n) is 4.69. The Morgan fingerprint density at radius 3 is 2.12 bits per heavy atom. The lowest BCUT2D eigenvalue weighted by Crippen LogP contribution is -2.47. The van der Waals surface area contributed by atoms with Gasteiger partial charge in [0.05, 0.1) is 12.6 Å². The lowest BCUT2D eigenvalue weighted by molar-refractivity contribution is -0.140. The molecule has 0 saturated carbocycles. The van der Waals surface area contributed by atoms with Gasteiger partial charge in [-0.2, -0.15) is 0 Å². The van der Waals surface area contributed by atoms with Gasteiger partial charge in [0.2, 0.25) is 5.91 Å². The first-order valence-electron chi connectivity index (χ1n) is 10.6. The van der Waals surface area contributed by atoms with Gasteiger partial charge in [0.1, 0.15) is 11.9 Å². The number of amides is 1. The monoisotopic (exact) mass is 475 g/mol. The number of benzene rings is 3. The second-order valence-corrected chi connectivity index (χ2v) is 7.90. The van der Waals surface area contributed by atoms with E-state index in [9.17, 15) is 9.18 Å². The highest BCUT2D eigenvalue weighted by molar-refractivity contribution is 6.30. The van der Waals surface area contributed by atoms with Gasteiger partial charge in [0, 0.05) is 16.5 Å². The Hall–Kier alpha value is -2.40. The molecule has 1 unspecified atom stereocenters. The van der Waals surface area contributed by atoms with Crippen molar-refractivity contribution in [3.8, 4) is 0 Å². The summed E-state index contributed by atoms with van der Waals surface area (Å²) >= 11 is 11.4. The van der Waals surface area contributed by atoms with E-state index in [0.717, 1.165) is 16.1 Å². The maximum Gasteiger partial charge on any atom is 0.250 e. The highest BCUT2D eigenvalue weighted by Crippen LogP contribution is 2.22. The molecule has 1 aliphatic heterocycles. The SMILES string of the molecule is CC.Cc1ccc(CC2OC[C@H](c3ccc(Cl)cc3)NC2=O)c(F)c1.Clc1ccccc1. The van der Waals surface area contributed by atoms with Gasteiger partial charge in [0.25, 0.3) is 0 Å². The molecule has 2 atom stereocenters. The Balaban J connectivity index is 0.000000340. The summed E-state index contributed by atoms with van der Waals surface area (Å²) in [6.07, 6.45) is -0.443. The average Bonchev–Trinajstić information content (AvgIpc) is 2.80. The van der Waals surface area contributed by atoms with Crippen LogP contribution >= 0.6 is 23.2 Å². The molecule has 3 nitrogen and oxygen atoms in total. The van der Waals surface area contributed by atoms with Crippen molar-refractivity contribution in [2.75, 3.05) is 6.61 Å². The van der Waals surface area contributed by atoms with E-state index < -0.39 is 6.10 Å². The highest BCUT2D eigenvalue weighted by atomic mass is 35.5. The number of hydrogen-bond acceptors (Lipinski definition) is 2. The predicted molar refractivity (Wildman–Crippen MR) is 130 cm³/mol. The number of carbonyl (C=O) groups excluding carboxylic acids is 1. The first-order chi connectivity index (χ1) is 15.4. The Labute approximate surface area is 199 Å². The number of morpholine rings is 1. The van der Waals surface area contributed by atoms with Crippen molar-refractivity contribution in [3.05, 3.63) is 105 Å². The summed E-state index contributed by atoms with van der Waals surface area (Å²) in [4.78, 5) is 12.2. The third-order valence-corrected chi connectivity index (χ3v) is 5.20.